The highest BCUT2D eigenvalue weighted by Crippen LogP contribution is 2.44. The zero-order chi connectivity index (χ0) is 12.8. The average molecular weight is 258 g/mol. The molecule has 0 fully saturated rings. The minimum Gasteiger partial charge on any atom is -0.319 e. The number of hydrogen-bond donors (Lipinski definition) is 0. The van der Waals surface area contributed by atoms with Crippen LogP contribution < -0.4 is 5.30 Å². The second-order valence-electron chi connectivity index (χ2n) is 4.50. The van der Waals surface area contributed by atoms with Gasteiger partial charge >= 0.3 is 0 Å². The first-order chi connectivity index (χ1) is 8.74. The summed E-state index contributed by atoms with van der Waals surface area (Å²) in [7, 11) is -2.22. The first kappa shape index (κ1) is 13.1. The Hall–Kier alpha value is -1.33. The van der Waals surface area contributed by atoms with Crippen LogP contribution in [-0.2, 0) is 11.0 Å². The predicted molar refractivity (Wildman–Crippen MR) is 79.2 cm³/mol. The topological polar surface area (TPSA) is 17.1 Å². The van der Waals surface area contributed by atoms with Gasteiger partial charge in [-0.1, -0.05) is 67.6 Å². The van der Waals surface area contributed by atoms with E-state index in [0.29, 0.717) is 0 Å². The van der Waals surface area contributed by atoms with E-state index in [1.54, 1.807) is 0 Å². The van der Waals surface area contributed by atoms with Gasteiger partial charge in [-0.2, -0.15) is 0 Å². The molecule has 1 nitrogen and oxygen atoms in total. The highest BCUT2D eigenvalue weighted by molar-refractivity contribution is 7.71. The summed E-state index contributed by atoms with van der Waals surface area (Å²) in [5, 5.41) is 1.02. The molecule has 2 aromatic carbocycles. The Morgan fingerprint density at radius 2 is 1.44 bits per heavy atom. The molecule has 0 saturated carbocycles. The Kier molecular flexibility index (Phi) is 4.38. The van der Waals surface area contributed by atoms with Gasteiger partial charge in [0, 0.05) is 17.6 Å². The van der Waals surface area contributed by atoms with Crippen molar-refractivity contribution in [3.8, 4) is 0 Å². The molecule has 0 aliphatic heterocycles. The zero-order valence-corrected chi connectivity index (χ0v) is 11.6. The van der Waals surface area contributed by atoms with Crippen LogP contribution in [0.15, 0.2) is 60.7 Å². The van der Waals surface area contributed by atoms with Crippen LogP contribution in [0.5, 0.6) is 0 Å². The summed E-state index contributed by atoms with van der Waals surface area (Å²) >= 11 is 0. The fraction of sp³-hybridized carbons (Fsp3) is 0.250. The smallest absolute Gasteiger partial charge is 0.115 e. The third kappa shape index (κ3) is 3.11. The monoisotopic (exact) mass is 258 g/mol. The van der Waals surface area contributed by atoms with E-state index < -0.39 is 7.14 Å². The van der Waals surface area contributed by atoms with Crippen LogP contribution >= 0.6 is 7.14 Å². The van der Waals surface area contributed by atoms with Gasteiger partial charge in [0.1, 0.15) is 7.14 Å². The number of aryl methyl sites for hydroxylation is 1. The fourth-order valence-electron chi connectivity index (χ4n) is 2.12. The van der Waals surface area contributed by atoms with E-state index >= 15 is 0 Å². The minimum atomic E-state index is -2.22. The molecule has 0 N–H and O–H groups in total. The molecule has 2 heteroatoms. The van der Waals surface area contributed by atoms with Crippen molar-refractivity contribution in [3.05, 3.63) is 66.2 Å². The van der Waals surface area contributed by atoms with E-state index in [1.807, 2.05) is 55.5 Å². The normalized spacial score (nSPS) is 14.1. The van der Waals surface area contributed by atoms with E-state index in [9.17, 15) is 4.57 Å². The zero-order valence-electron chi connectivity index (χ0n) is 10.8. The van der Waals surface area contributed by atoms with Crippen molar-refractivity contribution >= 4 is 12.4 Å². The maximum atomic E-state index is 13.0. The van der Waals surface area contributed by atoms with Gasteiger partial charge in [-0.3, -0.25) is 0 Å². The summed E-state index contributed by atoms with van der Waals surface area (Å²) in [5.41, 5.74) is 1.27. The van der Waals surface area contributed by atoms with E-state index in [-0.39, 0.29) is 0 Å². The van der Waals surface area contributed by atoms with Crippen molar-refractivity contribution in [2.24, 2.45) is 0 Å². The Balaban J connectivity index is 2.12. The van der Waals surface area contributed by atoms with Crippen molar-refractivity contribution in [1.82, 2.24) is 0 Å². The summed E-state index contributed by atoms with van der Waals surface area (Å²) in [6.07, 6.45) is 2.39. The molecule has 0 saturated heterocycles. The molecule has 0 bridgehead atoms. The van der Waals surface area contributed by atoms with E-state index in [4.69, 9.17) is 0 Å². The van der Waals surface area contributed by atoms with Gasteiger partial charge in [-0.05, 0) is 12.0 Å². The van der Waals surface area contributed by atoms with Crippen LogP contribution in [0.2, 0.25) is 0 Å². The molecule has 1 unspecified atom stereocenters. The molecule has 2 rings (SSSR count). The lowest BCUT2D eigenvalue weighted by molar-refractivity contribution is 0.581. The van der Waals surface area contributed by atoms with Gasteiger partial charge in [0.15, 0.2) is 0 Å². The Morgan fingerprint density at radius 1 is 0.889 bits per heavy atom. The molecule has 2 aromatic rings. The van der Waals surface area contributed by atoms with E-state index in [2.05, 4.69) is 12.1 Å². The van der Waals surface area contributed by atoms with Crippen LogP contribution in [0.4, 0.5) is 0 Å². The number of hydrogen-bond acceptors (Lipinski definition) is 1. The van der Waals surface area contributed by atoms with E-state index in [0.717, 1.165) is 24.0 Å². The van der Waals surface area contributed by atoms with Crippen molar-refractivity contribution in [2.45, 2.75) is 13.3 Å². The third-order valence-electron chi connectivity index (χ3n) is 3.34. The van der Waals surface area contributed by atoms with Crippen molar-refractivity contribution < 1.29 is 4.57 Å². The standard InChI is InChI=1S/C16H19OP/c1-2-18(17,16-11-7-4-8-12-16)14-13-15-9-5-3-6-10-15/h3-12H,2,13-14H2,1H3. The summed E-state index contributed by atoms with van der Waals surface area (Å²) in [4.78, 5) is 0. The summed E-state index contributed by atoms with van der Waals surface area (Å²) in [5.74, 6) is 0. The summed E-state index contributed by atoms with van der Waals surface area (Å²) in [6, 6.07) is 20.2. The summed E-state index contributed by atoms with van der Waals surface area (Å²) in [6.45, 7) is 2.03. The molecule has 0 heterocycles. The third-order valence-corrected chi connectivity index (χ3v) is 6.55. The van der Waals surface area contributed by atoms with Gasteiger partial charge in [0.05, 0.1) is 0 Å². The molecule has 0 radical (unpaired) electrons. The highest BCUT2D eigenvalue weighted by Gasteiger charge is 2.21. The maximum Gasteiger partial charge on any atom is 0.115 e. The molecule has 0 aliphatic carbocycles. The van der Waals surface area contributed by atoms with Gasteiger partial charge in [0.2, 0.25) is 0 Å². The molecule has 94 valence electrons. The lowest BCUT2D eigenvalue weighted by Crippen LogP contribution is -2.10. The molecule has 0 amide bonds. The van der Waals surface area contributed by atoms with Gasteiger partial charge < -0.3 is 4.57 Å². The quantitative estimate of drug-likeness (QED) is 0.742. The maximum absolute atomic E-state index is 13.0. The SMILES string of the molecule is CCP(=O)(CCc1ccccc1)c1ccccc1. The Labute approximate surface area is 109 Å². The molecular weight excluding hydrogens is 239 g/mol. The lowest BCUT2D eigenvalue weighted by Gasteiger charge is -2.16. The van der Waals surface area contributed by atoms with Gasteiger partial charge in [-0.25, -0.2) is 0 Å². The second-order valence-corrected chi connectivity index (χ2v) is 7.88. The molecule has 0 aromatic heterocycles. The van der Waals surface area contributed by atoms with E-state index in [1.165, 1.54) is 5.56 Å². The second kappa shape index (κ2) is 6.02. The van der Waals surface area contributed by atoms with Crippen LogP contribution in [0.1, 0.15) is 12.5 Å². The minimum absolute atomic E-state index is 0.740. The first-order valence-electron chi connectivity index (χ1n) is 6.42. The highest BCUT2D eigenvalue weighted by atomic mass is 31.2. The number of rotatable bonds is 5. The Morgan fingerprint density at radius 3 is 2.00 bits per heavy atom. The van der Waals surface area contributed by atoms with Gasteiger partial charge in [0.25, 0.3) is 0 Å². The van der Waals surface area contributed by atoms with Crippen LogP contribution in [0.25, 0.3) is 0 Å². The molecule has 0 spiro atoms. The van der Waals surface area contributed by atoms with Crippen LogP contribution in [0, 0.1) is 0 Å². The molecule has 1 atom stereocenters. The van der Waals surface area contributed by atoms with Crippen molar-refractivity contribution in [1.29, 1.82) is 0 Å². The average Bonchev–Trinajstić information content (AvgIpc) is 2.47. The number of benzene rings is 2. The molecule has 18 heavy (non-hydrogen) atoms. The van der Waals surface area contributed by atoms with Crippen molar-refractivity contribution in [2.75, 3.05) is 12.3 Å². The molecular formula is C16H19OP. The van der Waals surface area contributed by atoms with Crippen molar-refractivity contribution in [3.63, 3.8) is 0 Å². The Bertz CT molecular complexity index is 519. The fourth-order valence-corrected chi connectivity index (χ4v) is 4.40. The van der Waals surface area contributed by atoms with Crippen LogP contribution in [-0.4, -0.2) is 12.3 Å². The van der Waals surface area contributed by atoms with Crippen LogP contribution in [0.3, 0.4) is 0 Å². The largest absolute Gasteiger partial charge is 0.319 e. The predicted octanol–water partition coefficient (Wildman–Crippen LogP) is 3.94. The lowest BCUT2D eigenvalue weighted by atomic mass is 10.2. The van der Waals surface area contributed by atoms with Gasteiger partial charge in [-0.15, -0.1) is 0 Å². The summed E-state index contributed by atoms with van der Waals surface area (Å²) < 4.78 is 13.0. The first-order valence-corrected chi connectivity index (χ1v) is 8.50. The molecule has 0 aliphatic rings.